The van der Waals surface area contributed by atoms with Crippen molar-refractivity contribution in [3.05, 3.63) is 59.7 Å². The van der Waals surface area contributed by atoms with Gasteiger partial charge in [0, 0.05) is 13.0 Å². The Labute approximate surface area is 171 Å². The van der Waals surface area contributed by atoms with Crippen molar-refractivity contribution in [1.82, 2.24) is 5.32 Å². The fourth-order valence-electron chi connectivity index (χ4n) is 2.85. The highest BCUT2D eigenvalue weighted by molar-refractivity contribution is 5.84. The molecule has 0 bridgehead atoms. The van der Waals surface area contributed by atoms with Gasteiger partial charge in [0.2, 0.25) is 0 Å². The zero-order valence-corrected chi connectivity index (χ0v) is 17.2. The minimum atomic E-state index is -1.04. The largest absolute Gasteiger partial charge is 0.494 e. The molecule has 0 saturated heterocycles. The number of hydrogen-bond acceptors (Lipinski definition) is 4. The molecular weight excluding hydrogens is 370 g/mol. The Morgan fingerprint density at radius 3 is 2.38 bits per heavy atom. The maximum absolute atomic E-state index is 12.6. The van der Waals surface area contributed by atoms with Crippen LogP contribution in [0.5, 0.6) is 11.5 Å². The van der Waals surface area contributed by atoms with Gasteiger partial charge in [-0.3, -0.25) is 9.59 Å². The van der Waals surface area contributed by atoms with Crippen LogP contribution in [0.1, 0.15) is 38.3 Å². The molecule has 2 aromatic carbocycles. The molecule has 6 heteroatoms. The highest BCUT2D eigenvalue weighted by Crippen LogP contribution is 2.21. The first-order valence-corrected chi connectivity index (χ1v) is 9.80. The molecule has 0 aromatic heterocycles. The molecule has 0 saturated carbocycles. The Morgan fingerprint density at radius 1 is 1.03 bits per heavy atom. The number of aliphatic carboxylic acids is 1. The van der Waals surface area contributed by atoms with Crippen LogP contribution in [-0.2, 0) is 22.4 Å². The summed E-state index contributed by atoms with van der Waals surface area (Å²) < 4.78 is 11.5. The summed E-state index contributed by atoms with van der Waals surface area (Å²) in [5, 5.41) is 11.7. The standard InChI is InChI=1S/C23H29NO5/c1-4-28-20-8-6-5-7-18(20)15-16-24-22(27)23(2,3)29-19-12-9-17(10-13-19)11-14-21(25)26/h5-10,12-13H,4,11,14-16H2,1-3H3,(H,24,27)(H,25,26). The number of para-hydroxylation sites is 1. The van der Waals surface area contributed by atoms with Crippen LogP contribution in [0.3, 0.4) is 0 Å². The van der Waals surface area contributed by atoms with E-state index < -0.39 is 11.6 Å². The van der Waals surface area contributed by atoms with Gasteiger partial charge in [0.1, 0.15) is 11.5 Å². The number of hydrogen-bond donors (Lipinski definition) is 2. The SMILES string of the molecule is CCOc1ccccc1CCNC(=O)C(C)(C)Oc1ccc(CCC(=O)O)cc1. The topological polar surface area (TPSA) is 84.9 Å². The molecule has 6 nitrogen and oxygen atoms in total. The highest BCUT2D eigenvalue weighted by atomic mass is 16.5. The van der Waals surface area contributed by atoms with Crippen LogP contribution in [0.15, 0.2) is 48.5 Å². The van der Waals surface area contributed by atoms with Crippen molar-refractivity contribution >= 4 is 11.9 Å². The zero-order valence-electron chi connectivity index (χ0n) is 17.2. The van der Waals surface area contributed by atoms with E-state index in [1.807, 2.05) is 43.3 Å². The molecule has 2 N–H and O–H groups in total. The molecule has 29 heavy (non-hydrogen) atoms. The van der Waals surface area contributed by atoms with Crippen molar-refractivity contribution in [2.75, 3.05) is 13.2 Å². The van der Waals surface area contributed by atoms with Crippen LogP contribution < -0.4 is 14.8 Å². The number of aryl methyl sites for hydroxylation is 1. The highest BCUT2D eigenvalue weighted by Gasteiger charge is 2.29. The first-order chi connectivity index (χ1) is 13.8. The molecule has 0 aliphatic rings. The molecule has 0 aliphatic heterocycles. The summed E-state index contributed by atoms with van der Waals surface area (Å²) in [6, 6.07) is 14.9. The quantitative estimate of drug-likeness (QED) is 0.603. The lowest BCUT2D eigenvalue weighted by Crippen LogP contribution is -2.47. The van der Waals surface area contributed by atoms with E-state index in [0.29, 0.717) is 31.7 Å². The summed E-state index contributed by atoms with van der Waals surface area (Å²) >= 11 is 0. The van der Waals surface area contributed by atoms with Gasteiger partial charge in [-0.15, -0.1) is 0 Å². The Bertz CT molecular complexity index is 814. The van der Waals surface area contributed by atoms with Gasteiger partial charge in [0.25, 0.3) is 5.91 Å². The van der Waals surface area contributed by atoms with Crippen LogP contribution in [0.2, 0.25) is 0 Å². The summed E-state index contributed by atoms with van der Waals surface area (Å²) in [5.74, 6) is 0.363. The monoisotopic (exact) mass is 399 g/mol. The first-order valence-electron chi connectivity index (χ1n) is 9.80. The molecule has 0 fully saturated rings. The predicted octanol–water partition coefficient (Wildman–Crippen LogP) is 3.62. The third-order valence-corrected chi connectivity index (χ3v) is 4.42. The molecular formula is C23H29NO5. The van der Waals surface area contributed by atoms with Gasteiger partial charge in [-0.05, 0) is 62.9 Å². The van der Waals surface area contributed by atoms with Crippen LogP contribution in [0.4, 0.5) is 0 Å². The van der Waals surface area contributed by atoms with E-state index in [2.05, 4.69) is 5.32 Å². The predicted molar refractivity (Wildman–Crippen MR) is 111 cm³/mol. The van der Waals surface area contributed by atoms with Crippen LogP contribution in [0.25, 0.3) is 0 Å². The Balaban J connectivity index is 1.87. The summed E-state index contributed by atoms with van der Waals surface area (Å²) in [5.41, 5.74) is 0.919. The lowest BCUT2D eigenvalue weighted by Gasteiger charge is -2.25. The molecule has 2 rings (SSSR count). The van der Waals surface area contributed by atoms with Crippen LogP contribution >= 0.6 is 0 Å². The number of carboxylic acids is 1. The first kappa shape index (κ1) is 22.3. The van der Waals surface area contributed by atoms with Crippen molar-refractivity contribution in [3.8, 4) is 11.5 Å². The molecule has 0 unspecified atom stereocenters. The van der Waals surface area contributed by atoms with Gasteiger partial charge in [0.15, 0.2) is 5.60 Å². The number of carbonyl (C=O) groups excluding carboxylic acids is 1. The van der Waals surface area contributed by atoms with E-state index in [0.717, 1.165) is 16.9 Å². The maximum Gasteiger partial charge on any atom is 0.303 e. The van der Waals surface area contributed by atoms with E-state index in [1.165, 1.54) is 0 Å². The number of rotatable bonds is 11. The summed E-state index contributed by atoms with van der Waals surface area (Å²) in [6.45, 7) is 6.45. The van der Waals surface area contributed by atoms with E-state index >= 15 is 0 Å². The Kier molecular flexibility index (Phi) is 8.07. The molecule has 0 heterocycles. The van der Waals surface area contributed by atoms with Crippen molar-refractivity contribution in [1.29, 1.82) is 0 Å². The third kappa shape index (κ3) is 7.14. The second kappa shape index (κ2) is 10.5. The van der Waals surface area contributed by atoms with Crippen LogP contribution in [0, 0.1) is 0 Å². The van der Waals surface area contributed by atoms with Gasteiger partial charge in [-0.25, -0.2) is 0 Å². The summed E-state index contributed by atoms with van der Waals surface area (Å²) in [7, 11) is 0. The van der Waals surface area contributed by atoms with Gasteiger partial charge in [0.05, 0.1) is 6.61 Å². The van der Waals surface area contributed by atoms with Crippen molar-refractivity contribution in [3.63, 3.8) is 0 Å². The smallest absolute Gasteiger partial charge is 0.303 e. The van der Waals surface area contributed by atoms with E-state index in [9.17, 15) is 9.59 Å². The number of amides is 1. The number of carboxylic acid groups (broad SMARTS) is 1. The van der Waals surface area contributed by atoms with E-state index in [1.54, 1.807) is 26.0 Å². The Morgan fingerprint density at radius 2 is 1.72 bits per heavy atom. The maximum atomic E-state index is 12.6. The number of benzene rings is 2. The molecule has 0 radical (unpaired) electrons. The van der Waals surface area contributed by atoms with Crippen molar-refractivity contribution in [2.24, 2.45) is 0 Å². The van der Waals surface area contributed by atoms with Crippen molar-refractivity contribution < 1.29 is 24.2 Å². The minimum Gasteiger partial charge on any atom is -0.494 e. The molecule has 156 valence electrons. The molecule has 0 spiro atoms. The van der Waals surface area contributed by atoms with E-state index in [4.69, 9.17) is 14.6 Å². The second-order valence-electron chi connectivity index (χ2n) is 7.20. The molecule has 0 aliphatic carbocycles. The fourth-order valence-corrected chi connectivity index (χ4v) is 2.85. The average molecular weight is 399 g/mol. The van der Waals surface area contributed by atoms with Gasteiger partial charge in [-0.2, -0.15) is 0 Å². The fraction of sp³-hybridized carbons (Fsp3) is 0.391. The normalized spacial score (nSPS) is 11.0. The molecule has 2 aromatic rings. The lowest BCUT2D eigenvalue weighted by molar-refractivity contribution is -0.137. The molecule has 0 atom stereocenters. The zero-order chi connectivity index (χ0) is 21.3. The van der Waals surface area contributed by atoms with Gasteiger partial charge in [-0.1, -0.05) is 30.3 Å². The number of nitrogens with one attached hydrogen (secondary N) is 1. The lowest BCUT2D eigenvalue weighted by atomic mass is 10.1. The average Bonchev–Trinajstić information content (AvgIpc) is 2.68. The molecule has 1 amide bonds. The summed E-state index contributed by atoms with van der Waals surface area (Å²) in [6.07, 6.45) is 1.21. The van der Waals surface area contributed by atoms with Crippen LogP contribution in [-0.4, -0.2) is 35.7 Å². The second-order valence-corrected chi connectivity index (χ2v) is 7.20. The Hall–Kier alpha value is -3.02. The van der Waals surface area contributed by atoms with Gasteiger partial charge < -0.3 is 19.9 Å². The third-order valence-electron chi connectivity index (χ3n) is 4.42. The summed E-state index contributed by atoms with van der Waals surface area (Å²) in [4.78, 5) is 23.2. The van der Waals surface area contributed by atoms with Crippen molar-refractivity contribution in [2.45, 2.75) is 45.6 Å². The minimum absolute atomic E-state index is 0.0839. The number of carbonyl (C=O) groups is 2. The van der Waals surface area contributed by atoms with Gasteiger partial charge >= 0.3 is 5.97 Å². The van der Waals surface area contributed by atoms with E-state index in [-0.39, 0.29) is 12.3 Å². The number of ether oxygens (including phenoxy) is 2.